The van der Waals surface area contributed by atoms with E-state index >= 15 is 0 Å². The highest BCUT2D eigenvalue weighted by molar-refractivity contribution is 7.99. The molecule has 20 nitrogen and oxygen atoms in total. The number of aliphatic hydroxyl groups is 2. The average Bonchev–Trinajstić information content (AvgIpc) is 3.67. The average molecular weight is 1140 g/mol. The van der Waals surface area contributed by atoms with Crippen molar-refractivity contribution < 1.29 is 34.1 Å². The first kappa shape index (κ1) is 55.4. The number of likely N-dealkylation sites (tertiary alicyclic amines) is 2. The number of rotatable bonds is 16. The molecule has 0 unspecified atom stereocenters. The first-order valence-electron chi connectivity index (χ1n) is 28.0. The van der Waals surface area contributed by atoms with Crippen LogP contribution in [0, 0.1) is 24.2 Å². The van der Waals surface area contributed by atoms with Crippen molar-refractivity contribution >= 4 is 64.1 Å². The molecule has 9 heterocycles. The normalized spacial score (nSPS) is 23.3. The van der Waals surface area contributed by atoms with E-state index in [-0.39, 0.29) is 79.3 Å². The molecule has 23 heteroatoms. The number of piperidine rings is 3. The molecule has 6 aliphatic rings. The number of β-amino-alcohol motifs (C(OH)–C–C–N with tert-alkyl or cyclic N) is 1. The maximum Gasteiger partial charge on any atom is 0.248 e. The van der Waals surface area contributed by atoms with Crippen molar-refractivity contribution in [2.75, 3.05) is 62.2 Å². The van der Waals surface area contributed by atoms with Gasteiger partial charge in [-0.25, -0.2) is 24.6 Å². The second-order valence-electron chi connectivity index (χ2n) is 22.8. The van der Waals surface area contributed by atoms with E-state index in [1.165, 1.54) is 16.7 Å². The number of hydrogen-bond acceptors (Lipinski definition) is 18. The van der Waals surface area contributed by atoms with Crippen LogP contribution in [0.1, 0.15) is 113 Å². The Hall–Kier alpha value is -5.49. The minimum absolute atomic E-state index is 0.00690. The molecule has 1 aromatic carbocycles. The summed E-state index contributed by atoms with van der Waals surface area (Å²) in [5.41, 5.74) is 12.4. The van der Waals surface area contributed by atoms with Crippen molar-refractivity contribution in [3.63, 3.8) is 0 Å². The van der Waals surface area contributed by atoms with Crippen molar-refractivity contribution in [3.05, 3.63) is 76.0 Å². The first-order chi connectivity index (χ1) is 38.2. The molecule has 5 aromatic rings. The van der Waals surface area contributed by atoms with Gasteiger partial charge in [-0.3, -0.25) is 14.4 Å². The Bertz CT molecular complexity index is 3010. The zero-order chi connectivity index (χ0) is 55.1. The van der Waals surface area contributed by atoms with E-state index in [1.54, 1.807) is 28.4 Å². The van der Waals surface area contributed by atoms with Gasteiger partial charge < -0.3 is 50.3 Å². The van der Waals surface area contributed by atoms with Crippen LogP contribution in [-0.2, 0) is 32.3 Å². The third-order valence-electron chi connectivity index (χ3n) is 17.2. The number of amides is 3. The molecular weight excluding hydrogens is 1070 g/mol. The Labute approximate surface area is 474 Å². The number of aromatic nitrogens is 7. The number of nitrogens with one attached hydrogen (secondary N) is 1. The Morgan fingerprint density at radius 2 is 1.76 bits per heavy atom. The molecule has 6 fully saturated rings. The zero-order valence-electron chi connectivity index (χ0n) is 45.4. The molecule has 5 saturated heterocycles. The van der Waals surface area contributed by atoms with Crippen LogP contribution in [0.25, 0.3) is 10.4 Å². The van der Waals surface area contributed by atoms with Crippen molar-refractivity contribution in [1.82, 2.24) is 50.0 Å². The van der Waals surface area contributed by atoms with Crippen molar-refractivity contribution in [1.29, 1.82) is 0 Å². The van der Waals surface area contributed by atoms with E-state index in [9.17, 15) is 24.6 Å². The molecule has 4 aromatic heterocycles. The minimum atomic E-state index is -0.859. The van der Waals surface area contributed by atoms with Gasteiger partial charge in [0.25, 0.3) is 0 Å². The van der Waals surface area contributed by atoms with Crippen LogP contribution in [0.5, 0.6) is 5.75 Å². The smallest absolute Gasteiger partial charge is 0.248 e. The quantitative estimate of drug-likeness (QED) is 0.0864. The summed E-state index contributed by atoms with van der Waals surface area (Å²) in [6.07, 6.45) is 11.0. The molecular formula is C56H72ClN13O7S2. The molecule has 1 saturated carbocycles. The van der Waals surface area contributed by atoms with Gasteiger partial charge in [0.15, 0.2) is 5.82 Å². The predicted octanol–water partition coefficient (Wildman–Crippen LogP) is 6.16. The fraction of sp³-hybridized carbons (Fsp3) is 0.589. The molecule has 5 N–H and O–H groups in total. The minimum Gasteiger partial charge on any atom is -0.490 e. The number of halogens is 1. The largest absolute Gasteiger partial charge is 0.490 e. The summed E-state index contributed by atoms with van der Waals surface area (Å²) < 4.78 is 14.3. The van der Waals surface area contributed by atoms with Gasteiger partial charge >= 0.3 is 0 Å². The van der Waals surface area contributed by atoms with E-state index in [0.717, 1.165) is 71.1 Å². The van der Waals surface area contributed by atoms with E-state index < -0.39 is 18.2 Å². The zero-order valence-corrected chi connectivity index (χ0v) is 47.8. The van der Waals surface area contributed by atoms with Gasteiger partial charge in [0, 0.05) is 118 Å². The van der Waals surface area contributed by atoms with Gasteiger partial charge in [0.2, 0.25) is 17.7 Å². The number of ether oxygens (including phenoxy) is 2. The van der Waals surface area contributed by atoms with Gasteiger partial charge in [-0.05, 0) is 76.0 Å². The number of pyridine rings is 1. The van der Waals surface area contributed by atoms with Crippen molar-refractivity contribution in [2.45, 2.75) is 151 Å². The standard InChI is InChI=1S/C56H72ClN13O7S2/c1-32(2)48(70-28-41(64-65-70)35-5-6-35)55(75)69-27-39(72)24-43(69)53(73)61-25-38-8-7-37(49-33(3)62-31-78-49)23-44(38)77-40-12-19-68(20-13-40)54(74)36-10-17-66(18-11-36)52-47(57)45(9-16-59-52)79-46-26-60-51(42(29-71)63-46)67-21-14-56(15-22-67)30-76-34(4)50(56)58/h7-9,16,23,26,28,31-32,34-36,39-40,43,48,50,71-72H,5-6,10-15,17-22,24-25,27,29-30,58H2,1-4H3,(H,61,73)/t34-,39+,43-,48-,50+/m0/s1. The van der Waals surface area contributed by atoms with Crippen molar-refractivity contribution in [3.8, 4) is 16.2 Å². The lowest BCUT2D eigenvalue weighted by Gasteiger charge is -2.41. The summed E-state index contributed by atoms with van der Waals surface area (Å²) >= 11 is 10.0. The van der Waals surface area contributed by atoms with Crippen LogP contribution >= 0.6 is 34.7 Å². The van der Waals surface area contributed by atoms with Crippen LogP contribution in [0.4, 0.5) is 11.6 Å². The summed E-state index contributed by atoms with van der Waals surface area (Å²) in [5.74, 6) is 1.64. The highest BCUT2D eigenvalue weighted by Crippen LogP contribution is 2.44. The van der Waals surface area contributed by atoms with Gasteiger partial charge in [0.1, 0.15) is 40.5 Å². The molecule has 0 bridgehead atoms. The van der Waals surface area contributed by atoms with Crippen LogP contribution < -0.4 is 25.6 Å². The van der Waals surface area contributed by atoms with Crippen LogP contribution in [-0.4, -0.2) is 155 Å². The molecule has 5 aliphatic heterocycles. The summed E-state index contributed by atoms with van der Waals surface area (Å²) in [6, 6.07) is 6.32. The van der Waals surface area contributed by atoms with Gasteiger partial charge in [-0.2, -0.15) is 0 Å². The fourth-order valence-electron chi connectivity index (χ4n) is 12.3. The maximum absolute atomic E-state index is 14.2. The fourth-order valence-corrected chi connectivity index (χ4v) is 14.2. The topological polar surface area (TPSA) is 243 Å². The molecule has 11 rings (SSSR count). The van der Waals surface area contributed by atoms with Crippen LogP contribution in [0.3, 0.4) is 0 Å². The molecule has 1 aliphatic carbocycles. The number of nitrogens with zero attached hydrogens (tertiary/aromatic N) is 11. The Kier molecular flexibility index (Phi) is 16.5. The Balaban J connectivity index is 0.684. The van der Waals surface area contributed by atoms with Gasteiger partial charge in [-0.1, -0.05) is 54.6 Å². The van der Waals surface area contributed by atoms with E-state index in [2.05, 4.69) is 35.4 Å². The first-order valence-corrected chi connectivity index (χ1v) is 30.1. The van der Waals surface area contributed by atoms with E-state index in [1.807, 2.05) is 68.6 Å². The van der Waals surface area contributed by atoms with Gasteiger partial charge in [0.05, 0.1) is 58.4 Å². The number of benzene rings is 1. The number of thiazole rings is 1. The monoisotopic (exact) mass is 1140 g/mol. The van der Waals surface area contributed by atoms with E-state index in [0.29, 0.717) is 97.5 Å². The number of hydrogen-bond donors (Lipinski definition) is 4. The second-order valence-corrected chi connectivity index (χ2v) is 25.1. The lowest BCUT2D eigenvalue weighted by molar-refractivity contribution is -0.142. The summed E-state index contributed by atoms with van der Waals surface area (Å²) in [4.78, 5) is 70.8. The SMILES string of the molecule is Cc1ncsc1-c1ccc(CNC(=O)[C@@H]2C[C@@H](O)CN2C(=O)[C@H](C(C)C)n2cc(C3CC3)nn2)c(OC2CCN(C(=O)C3CCN(c4nccc(Sc5cnc(N6CCC7(CC6)CO[C@@H](C)[C@H]7N)c(CO)n5)c4Cl)CC3)CC2)c1. The van der Waals surface area contributed by atoms with Gasteiger partial charge in [-0.15, -0.1) is 16.4 Å². The molecule has 422 valence electrons. The number of aliphatic hydroxyl groups excluding tert-OH is 2. The number of aryl methyl sites for hydroxylation is 1. The highest BCUT2D eigenvalue weighted by Gasteiger charge is 2.48. The molecule has 1 spiro atoms. The molecule has 3 amide bonds. The van der Waals surface area contributed by atoms with Crippen LogP contribution in [0.15, 0.2) is 58.3 Å². The Morgan fingerprint density at radius 3 is 2.44 bits per heavy atom. The second kappa shape index (κ2) is 23.5. The number of carbonyl (C=O) groups excluding carboxylic acids is 3. The number of anilines is 2. The predicted molar refractivity (Wildman–Crippen MR) is 300 cm³/mol. The van der Waals surface area contributed by atoms with E-state index in [4.69, 9.17) is 36.8 Å². The Morgan fingerprint density at radius 1 is 1.00 bits per heavy atom. The van der Waals surface area contributed by atoms with Crippen molar-refractivity contribution in [2.24, 2.45) is 23.0 Å². The third kappa shape index (κ3) is 11.7. The summed E-state index contributed by atoms with van der Waals surface area (Å²) in [5, 5.41) is 34.1. The molecule has 0 radical (unpaired) electrons. The third-order valence-corrected chi connectivity index (χ3v) is 19.6. The highest BCUT2D eigenvalue weighted by atomic mass is 35.5. The molecule has 79 heavy (non-hydrogen) atoms. The number of carbonyl (C=O) groups is 3. The number of nitrogens with two attached hydrogens (primary N) is 1. The maximum atomic E-state index is 14.2. The summed E-state index contributed by atoms with van der Waals surface area (Å²) in [6.45, 7) is 12.4. The molecule has 5 atom stereocenters. The lowest BCUT2D eigenvalue weighted by Crippen LogP contribution is -2.51. The lowest BCUT2D eigenvalue weighted by atomic mass is 9.73. The van der Waals surface area contributed by atoms with Crippen LogP contribution in [0.2, 0.25) is 5.02 Å². The summed E-state index contributed by atoms with van der Waals surface area (Å²) in [7, 11) is 0.